The number of hydrogen-bond donors (Lipinski definition) is 1. The van der Waals surface area contributed by atoms with Gasteiger partial charge in [0.05, 0.1) is 12.3 Å². The van der Waals surface area contributed by atoms with Gasteiger partial charge in [-0.3, -0.25) is 9.59 Å². The van der Waals surface area contributed by atoms with Gasteiger partial charge in [0, 0.05) is 44.3 Å². The number of aromatic nitrogens is 2. The molecule has 0 spiro atoms. The minimum atomic E-state index is -0.206. The highest BCUT2D eigenvalue weighted by atomic mass is 16.2. The van der Waals surface area contributed by atoms with Crippen LogP contribution in [0.5, 0.6) is 0 Å². The second kappa shape index (κ2) is 11.6. The average Bonchev–Trinajstić information content (AvgIpc) is 2.91. The van der Waals surface area contributed by atoms with Gasteiger partial charge in [0.15, 0.2) is 0 Å². The first-order valence-electron chi connectivity index (χ1n) is 12.3. The molecule has 7 heteroatoms. The Morgan fingerprint density at radius 1 is 0.914 bits per heavy atom. The zero-order valence-electron chi connectivity index (χ0n) is 20.4. The fraction of sp³-hybridized carbons (Fsp3) is 0.357. The number of carbonyl (C=O) groups excluding carboxylic acids is 2. The summed E-state index contributed by atoms with van der Waals surface area (Å²) in [5.74, 6) is 0.830. The normalized spacial score (nSPS) is 15.4. The summed E-state index contributed by atoms with van der Waals surface area (Å²) in [4.78, 5) is 38.5. The molecule has 1 aliphatic rings. The third kappa shape index (κ3) is 6.23. The Kier molecular flexibility index (Phi) is 8.08. The van der Waals surface area contributed by atoms with E-state index in [4.69, 9.17) is 0 Å². The van der Waals surface area contributed by atoms with Gasteiger partial charge in [-0.25, -0.2) is 9.97 Å². The molecule has 182 valence electrons. The first kappa shape index (κ1) is 24.4. The molecule has 2 unspecified atom stereocenters. The third-order valence-corrected chi connectivity index (χ3v) is 6.70. The molecule has 0 aliphatic carbocycles. The van der Waals surface area contributed by atoms with Gasteiger partial charge in [0.1, 0.15) is 0 Å². The van der Waals surface area contributed by atoms with E-state index in [0.29, 0.717) is 25.5 Å². The highest BCUT2D eigenvalue weighted by Crippen LogP contribution is 2.28. The fourth-order valence-corrected chi connectivity index (χ4v) is 4.46. The van der Waals surface area contributed by atoms with E-state index < -0.39 is 0 Å². The van der Waals surface area contributed by atoms with E-state index in [-0.39, 0.29) is 23.7 Å². The van der Waals surface area contributed by atoms with E-state index >= 15 is 0 Å². The lowest BCUT2D eigenvalue weighted by atomic mass is 9.85. The van der Waals surface area contributed by atoms with Gasteiger partial charge >= 0.3 is 0 Å². The number of amides is 2. The molecule has 35 heavy (non-hydrogen) atoms. The molecule has 1 aromatic heterocycles. The minimum absolute atomic E-state index is 0.00496. The van der Waals surface area contributed by atoms with Crippen LogP contribution >= 0.6 is 0 Å². The number of anilines is 2. The van der Waals surface area contributed by atoms with Crippen molar-refractivity contribution < 1.29 is 9.59 Å². The molecule has 3 aromatic rings. The van der Waals surface area contributed by atoms with Crippen LogP contribution in [0.4, 0.5) is 11.6 Å². The molecular weight excluding hydrogens is 438 g/mol. The number of nitrogens with zero attached hydrogens (tertiary/aromatic N) is 4. The van der Waals surface area contributed by atoms with E-state index in [1.165, 1.54) is 0 Å². The lowest BCUT2D eigenvalue weighted by Crippen LogP contribution is -2.49. The Hall–Kier alpha value is -3.74. The Labute approximate surface area is 207 Å². The Morgan fingerprint density at radius 3 is 2.20 bits per heavy atom. The topological polar surface area (TPSA) is 78.4 Å². The molecule has 7 nitrogen and oxygen atoms in total. The molecule has 1 saturated heterocycles. The summed E-state index contributed by atoms with van der Waals surface area (Å²) in [6.07, 6.45) is 4.73. The molecule has 2 heterocycles. The largest absolute Gasteiger partial charge is 0.339 e. The van der Waals surface area contributed by atoms with Crippen molar-refractivity contribution >= 4 is 23.5 Å². The van der Waals surface area contributed by atoms with Gasteiger partial charge in [-0.05, 0) is 35.2 Å². The maximum atomic E-state index is 13.1. The Bertz CT molecular complexity index is 1100. The van der Waals surface area contributed by atoms with Gasteiger partial charge in [-0.15, -0.1) is 0 Å². The number of rotatable bonds is 8. The number of benzene rings is 2. The second-order valence-corrected chi connectivity index (χ2v) is 9.05. The highest BCUT2D eigenvalue weighted by Gasteiger charge is 2.26. The Morgan fingerprint density at radius 2 is 1.57 bits per heavy atom. The van der Waals surface area contributed by atoms with Crippen molar-refractivity contribution in [2.75, 3.05) is 36.4 Å². The van der Waals surface area contributed by atoms with Gasteiger partial charge in [-0.2, -0.15) is 0 Å². The summed E-state index contributed by atoms with van der Waals surface area (Å²) in [7, 11) is 0. The minimum Gasteiger partial charge on any atom is -0.339 e. The molecule has 1 aliphatic heterocycles. The number of carbonyl (C=O) groups is 2. The molecule has 1 fully saturated rings. The van der Waals surface area contributed by atoms with Crippen molar-refractivity contribution in [1.82, 2.24) is 14.9 Å². The molecular formula is C28H33N5O2. The lowest BCUT2D eigenvalue weighted by molar-refractivity contribution is -0.130. The SMILES string of the molecule is CCC(C)C(C(=O)Nc1ccc(CC(=O)N2CCN(c3ncccn3)CC2)cc1)c1ccccc1. The van der Waals surface area contributed by atoms with Crippen molar-refractivity contribution in [2.45, 2.75) is 32.6 Å². The molecule has 4 rings (SSSR count). The van der Waals surface area contributed by atoms with Crippen molar-refractivity contribution in [3.05, 3.63) is 84.2 Å². The molecule has 2 atom stereocenters. The van der Waals surface area contributed by atoms with Crippen LogP contribution in [0.1, 0.15) is 37.3 Å². The fourth-order valence-electron chi connectivity index (χ4n) is 4.46. The van der Waals surface area contributed by atoms with Crippen molar-refractivity contribution in [1.29, 1.82) is 0 Å². The van der Waals surface area contributed by atoms with Gasteiger partial charge in [0.2, 0.25) is 17.8 Å². The zero-order valence-corrected chi connectivity index (χ0v) is 20.4. The van der Waals surface area contributed by atoms with Gasteiger partial charge in [-0.1, -0.05) is 62.7 Å². The van der Waals surface area contributed by atoms with Gasteiger partial charge < -0.3 is 15.1 Å². The van der Waals surface area contributed by atoms with Crippen LogP contribution in [0.3, 0.4) is 0 Å². The second-order valence-electron chi connectivity index (χ2n) is 9.05. The monoisotopic (exact) mass is 471 g/mol. The van der Waals surface area contributed by atoms with Crippen molar-refractivity contribution in [2.24, 2.45) is 5.92 Å². The van der Waals surface area contributed by atoms with Crippen LogP contribution in [-0.2, 0) is 16.0 Å². The number of piperazine rings is 1. The molecule has 2 amide bonds. The summed E-state index contributed by atoms with van der Waals surface area (Å²) in [6.45, 7) is 6.97. The molecule has 0 saturated carbocycles. The highest BCUT2D eigenvalue weighted by molar-refractivity contribution is 5.96. The summed E-state index contributed by atoms with van der Waals surface area (Å²) >= 11 is 0. The van der Waals surface area contributed by atoms with Crippen LogP contribution < -0.4 is 10.2 Å². The maximum absolute atomic E-state index is 13.1. The van der Waals surface area contributed by atoms with E-state index in [0.717, 1.165) is 36.3 Å². The van der Waals surface area contributed by atoms with Crippen LogP contribution in [0.15, 0.2) is 73.1 Å². The quantitative estimate of drug-likeness (QED) is 0.534. The molecule has 2 aromatic carbocycles. The molecule has 1 N–H and O–H groups in total. The predicted octanol–water partition coefficient (Wildman–Crippen LogP) is 4.14. The summed E-state index contributed by atoms with van der Waals surface area (Å²) in [5.41, 5.74) is 2.70. The lowest BCUT2D eigenvalue weighted by Gasteiger charge is -2.34. The van der Waals surface area contributed by atoms with Crippen LogP contribution in [-0.4, -0.2) is 52.9 Å². The molecule has 0 radical (unpaired) electrons. The van der Waals surface area contributed by atoms with Crippen LogP contribution in [0.25, 0.3) is 0 Å². The van der Waals surface area contributed by atoms with E-state index in [1.54, 1.807) is 18.5 Å². The van der Waals surface area contributed by atoms with Crippen LogP contribution in [0.2, 0.25) is 0 Å². The third-order valence-electron chi connectivity index (χ3n) is 6.70. The number of nitrogens with one attached hydrogen (secondary N) is 1. The predicted molar refractivity (Wildman–Crippen MR) is 138 cm³/mol. The maximum Gasteiger partial charge on any atom is 0.232 e. The van der Waals surface area contributed by atoms with Crippen molar-refractivity contribution in [3.63, 3.8) is 0 Å². The van der Waals surface area contributed by atoms with E-state index in [2.05, 4.69) is 34.0 Å². The number of hydrogen-bond acceptors (Lipinski definition) is 5. The van der Waals surface area contributed by atoms with Gasteiger partial charge in [0.25, 0.3) is 0 Å². The average molecular weight is 472 g/mol. The first-order chi connectivity index (χ1) is 17.0. The van der Waals surface area contributed by atoms with Crippen LogP contribution in [0, 0.1) is 5.92 Å². The summed E-state index contributed by atoms with van der Waals surface area (Å²) in [6, 6.07) is 19.3. The first-order valence-corrected chi connectivity index (χ1v) is 12.3. The smallest absolute Gasteiger partial charge is 0.232 e. The standard InChI is InChI=1S/C28H33N5O2/c1-3-21(2)26(23-8-5-4-6-9-23)27(35)31-24-12-10-22(11-13-24)20-25(34)32-16-18-33(19-17-32)28-29-14-7-15-30-28/h4-15,21,26H,3,16-20H2,1-2H3,(H,31,35). The van der Waals surface area contributed by atoms with Crippen molar-refractivity contribution in [3.8, 4) is 0 Å². The summed E-state index contributed by atoms with van der Waals surface area (Å²) < 4.78 is 0. The molecule has 0 bridgehead atoms. The summed E-state index contributed by atoms with van der Waals surface area (Å²) in [5, 5.41) is 3.07. The van der Waals surface area contributed by atoms with E-state index in [1.807, 2.05) is 59.5 Å². The zero-order chi connectivity index (χ0) is 24.6. The Balaban J connectivity index is 1.31. The van der Waals surface area contributed by atoms with E-state index in [9.17, 15) is 9.59 Å².